The first-order chi connectivity index (χ1) is 14.3. The zero-order chi connectivity index (χ0) is 21.7. The van der Waals surface area contributed by atoms with E-state index in [1.807, 2.05) is 47.6 Å². The van der Waals surface area contributed by atoms with Gasteiger partial charge in [0.25, 0.3) is 0 Å². The number of amides is 1. The third-order valence-electron chi connectivity index (χ3n) is 4.62. The molecule has 3 aromatic rings. The predicted molar refractivity (Wildman–Crippen MR) is 110 cm³/mol. The summed E-state index contributed by atoms with van der Waals surface area (Å²) >= 11 is 6.05. The van der Waals surface area contributed by atoms with Crippen LogP contribution in [0.4, 0.5) is 0 Å². The number of aromatic amines is 1. The van der Waals surface area contributed by atoms with Gasteiger partial charge in [0.05, 0.1) is 5.92 Å². The van der Waals surface area contributed by atoms with E-state index in [0.717, 1.165) is 16.7 Å². The summed E-state index contributed by atoms with van der Waals surface area (Å²) in [4.78, 5) is 34.6. The van der Waals surface area contributed by atoms with Crippen molar-refractivity contribution in [2.75, 3.05) is 0 Å². The number of benzene rings is 2. The summed E-state index contributed by atoms with van der Waals surface area (Å²) in [6, 6.07) is 14.7. The first-order valence-corrected chi connectivity index (χ1v) is 9.63. The largest absolute Gasteiger partial charge is 0.481 e. The summed E-state index contributed by atoms with van der Waals surface area (Å²) in [6.45, 7) is 1.57. The molecule has 0 aliphatic carbocycles. The quantitative estimate of drug-likeness (QED) is 0.505. The molecule has 8 nitrogen and oxygen atoms in total. The van der Waals surface area contributed by atoms with Gasteiger partial charge in [-0.05, 0) is 41.7 Å². The standard InChI is InChI=1S/C21H20ClN3O5/c1-12(20(27)28)9-17(23-18(26)19-24-25-21(29)30-19)10-13-5-7-14(8-6-13)15-3-2-4-16(22)11-15/h2-8,11-12,17H,9-10H2,1H3,(H,23,26)(H,25,29)(H,27,28). The Kier molecular flexibility index (Phi) is 6.68. The van der Waals surface area contributed by atoms with Crippen LogP contribution < -0.4 is 11.1 Å². The van der Waals surface area contributed by atoms with Crippen LogP contribution in [-0.4, -0.2) is 33.2 Å². The summed E-state index contributed by atoms with van der Waals surface area (Å²) in [5.41, 5.74) is 2.87. The van der Waals surface area contributed by atoms with Crippen LogP contribution in [-0.2, 0) is 11.2 Å². The fourth-order valence-electron chi connectivity index (χ4n) is 3.08. The lowest BCUT2D eigenvalue weighted by Gasteiger charge is -2.20. The van der Waals surface area contributed by atoms with Gasteiger partial charge in [-0.1, -0.05) is 54.9 Å². The summed E-state index contributed by atoms with van der Waals surface area (Å²) in [7, 11) is 0. The van der Waals surface area contributed by atoms with E-state index in [2.05, 4.69) is 14.8 Å². The number of aliphatic carboxylic acids is 1. The highest BCUT2D eigenvalue weighted by Gasteiger charge is 2.23. The molecular weight excluding hydrogens is 410 g/mol. The van der Waals surface area contributed by atoms with Crippen LogP contribution in [0.25, 0.3) is 11.1 Å². The molecule has 0 aliphatic rings. The number of hydrogen-bond acceptors (Lipinski definition) is 5. The maximum Gasteiger partial charge on any atom is 0.434 e. The summed E-state index contributed by atoms with van der Waals surface area (Å²) in [5.74, 6) is -3.56. The van der Waals surface area contributed by atoms with Crippen molar-refractivity contribution in [1.82, 2.24) is 15.5 Å². The van der Waals surface area contributed by atoms with Gasteiger partial charge in [-0.15, -0.1) is 5.10 Å². The van der Waals surface area contributed by atoms with E-state index < -0.39 is 35.5 Å². The van der Waals surface area contributed by atoms with Gasteiger partial charge in [-0.25, -0.2) is 9.89 Å². The van der Waals surface area contributed by atoms with Crippen LogP contribution in [0.1, 0.15) is 29.6 Å². The number of H-pyrrole nitrogens is 1. The molecule has 0 saturated heterocycles. The van der Waals surface area contributed by atoms with E-state index in [-0.39, 0.29) is 6.42 Å². The Hall–Kier alpha value is -3.39. The van der Waals surface area contributed by atoms with Crippen LogP contribution in [0.2, 0.25) is 5.02 Å². The van der Waals surface area contributed by atoms with E-state index in [0.29, 0.717) is 11.4 Å². The molecule has 2 aromatic carbocycles. The maximum atomic E-state index is 12.3. The van der Waals surface area contributed by atoms with E-state index in [1.165, 1.54) is 0 Å². The van der Waals surface area contributed by atoms with Crippen LogP contribution in [0.3, 0.4) is 0 Å². The van der Waals surface area contributed by atoms with Gasteiger partial charge in [0, 0.05) is 11.1 Å². The Labute approximate surface area is 176 Å². The molecule has 1 heterocycles. The Morgan fingerprint density at radius 3 is 2.53 bits per heavy atom. The molecule has 3 N–H and O–H groups in total. The average Bonchev–Trinajstić information content (AvgIpc) is 3.15. The molecule has 0 fully saturated rings. The predicted octanol–water partition coefficient (Wildman–Crippen LogP) is 3.14. The van der Waals surface area contributed by atoms with Gasteiger partial charge in [-0.2, -0.15) is 0 Å². The molecule has 156 valence electrons. The monoisotopic (exact) mass is 429 g/mol. The lowest BCUT2D eigenvalue weighted by Crippen LogP contribution is -2.38. The van der Waals surface area contributed by atoms with Crippen LogP contribution in [0.15, 0.2) is 57.7 Å². The Balaban J connectivity index is 1.75. The fourth-order valence-corrected chi connectivity index (χ4v) is 3.27. The molecule has 1 aromatic heterocycles. The smallest absolute Gasteiger partial charge is 0.434 e. The molecular formula is C21H20ClN3O5. The molecule has 0 spiro atoms. The molecule has 9 heteroatoms. The lowest BCUT2D eigenvalue weighted by atomic mass is 9.95. The van der Waals surface area contributed by atoms with E-state index >= 15 is 0 Å². The normalized spacial score (nSPS) is 12.9. The topological polar surface area (TPSA) is 125 Å². The third-order valence-corrected chi connectivity index (χ3v) is 4.86. The number of aromatic nitrogens is 2. The van der Waals surface area contributed by atoms with Gasteiger partial charge in [0.1, 0.15) is 0 Å². The Bertz CT molecular complexity index is 1090. The highest BCUT2D eigenvalue weighted by Crippen LogP contribution is 2.23. The number of halogens is 1. The molecule has 0 radical (unpaired) electrons. The van der Waals surface area contributed by atoms with Crippen molar-refractivity contribution < 1.29 is 19.1 Å². The molecule has 0 saturated carbocycles. The molecule has 2 atom stereocenters. The van der Waals surface area contributed by atoms with Crippen LogP contribution in [0.5, 0.6) is 0 Å². The van der Waals surface area contributed by atoms with E-state index in [1.54, 1.807) is 13.0 Å². The second-order valence-electron chi connectivity index (χ2n) is 6.98. The van der Waals surface area contributed by atoms with Crippen LogP contribution >= 0.6 is 11.6 Å². The van der Waals surface area contributed by atoms with Gasteiger partial charge < -0.3 is 14.8 Å². The number of nitrogens with one attached hydrogen (secondary N) is 2. The molecule has 2 unspecified atom stereocenters. The highest BCUT2D eigenvalue weighted by atomic mass is 35.5. The number of rotatable bonds is 8. The minimum Gasteiger partial charge on any atom is -0.481 e. The summed E-state index contributed by atoms with van der Waals surface area (Å²) < 4.78 is 4.66. The lowest BCUT2D eigenvalue weighted by molar-refractivity contribution is -0.141. The summed E-state index contributed by atoms with van der Waals surface area (Å²) in [6.07, 6.45) is 0.597. The molecule has 0 bridgehead atoms. The van der Waals surface area contributed by atoms with Crippen molar-refractivity contribution in [2.45, 2.75) is 25.8 Å². The summed E-state index contributed by atoms with van der Waals surface area (Å²) in [5, 5.41) is 18.1. The Morgan fingerprint density at radius 2 is 1.93 bits per heavy atom. The molecule has 1 amide bonds. The molecule has 30 heavy (non-hydrogen) atoms. The zero-order valence-corrected chi connectivity index (χ0v) is 16.8. The van der Waals surface area contributed by atoms with Crippen molar-refractivity contribution in [3.8, 4) is 11.1 Å². The SMILES string of the molecule is CC(CC(Cc1ccc(-c2cccc(Cl)c2)cc1)NC(=O)c1n[nH]c(=O)o1)C(=O)O. The third kappa shape index (κ3) is 5.57. The number of hydrogen-bond donors (Lipinski definition) is 3. The maximum absolute atomic E-state index is 12.3. The minimum absolute atomic E-state index is 0.200. The minimum atomic E-state index is -0.961. The van der Waals surface area contributed by atoms with Gasteiger partial charge in [0.2, 0.25) is 0 Å². The second kappa shape index (κ2) is 9.41. The number of carbonyl (C=O) groups excluding carboxylic acids is 1. The van der Waals surface area contributed by atoms with Crippen LogP contribution in [0, 0.1) is 5.92 Å². The van der Waals surface area contributed by atoms with Crippen molar-refractivity contribution in [2.24, 2.45) is 5.92 Å². The van der Waals surface area contributed by atoms with Gasteiger partial charge in [0.15, 0.2) is 0 Å². The average molecular weight is 430 g/mol. The zero-order valence-electron chi connectivity index (χ0n) is 16.1. The number of carboxylic acid groups (broad SMARTS) is 1. The van der Waals surface area contributed by atoms with E-state index in [4.69, 9.17) is 11.6 Å². The van der Waals surface area contributed by atoms with E-state index in [9.17, 15) is 19.5 Å². The van der Waals surface area contributed by atoms with Gasteiger partial charge in [-0.3, -0.25) is 9.59 Å². The van der Waals surface area contributed by atoms with Crippen molar-refractivity contribution in [3.63, 3.8) is 0 Å². The first kappa shape index (κ1) is 21.3. The fraction of sp³-hybridized carbons (Fsp3) is 0.238. The number of nitrogens with zero attached hydrogens (tertiary/aromatic N) is 1. The number of carbonyl (C=O) groups is 2. The number of carboxylic acids is 1. The van der Waals surface area contributed by atoms with Crippen molar-refractivity contribution in [1.29, 1.82) is 0 Å². The first-order valence-electron chi connectivity index (χ1n) is 9.26. The van der Waals surface area contributed by atoms with Gasteiger partial charge >= 0.3 is 23.5 Å². The van der Waals surface area contributed by atoms with Crippen molar-refractivity contribution in [3.05, 3.63) is 75.6 Å². The van der Waals surface area contributed by atoms with Crippen molar-refractivity contribution >= 4 is 23.5 Å². The highest BCUT2D eigenvalue weighted by molar-refractivity contribution is 6.30. The Morgan fingerprint density at radius 1 is 1.20 bits per heavy atom. The molecule has 3 rings (SSSR count). The second-order valence-corrected chi connectivity index (χ2v) is 7.41. The molecule has 0 aliphatic heterocycles.